The standard InChI is InChI=1S/C25H26N4O3/c1-3-31-21-8-4-7-20(13-21)29-16-25(32-24(29)30)11-5-6-18(14-25)15-28-17-27-22-10-9-19(26-2)12-23(22)28/h4,7-10,12-13,17-18H,3,5-6,11,14-16H2,1H3/t18-,25-/m0/s1. The predicted octanol–water partition coefficient (Wildman–Crippen LogP) is 5.57. The Balaban J connectivity index is 1.33. The first-order chi connectivity index (χ1) is 15.6. The molecule has 1 spiro atoms. The van der Waals surface area contributed by atoms with Crippen molar-refractivity contribution < 1.29 is 14.3 Å². The number of hydrogen-bond donors (Lipinski definition) is 0. The number of carbonyl (C=O) groups is 1. The van der Waals surface area contributed by atoms with Crippen LogP contribution in [0.5, 0.6) is 5.75 Å². The minimum atomic E-state index is -0.459. The van der Waals surface area contributed by atoms with Crippen molar-refractivity contribution in [2.24, 2.45) is 5.92 Å². The smallest absolute Gasteiger partial charge is 0.415 e. The van der Waals surface area contributed by atoms with Crippen molar-refractivity contribution in [3.8, 4) is 5.75 Å². The van der Waals surface area contributed by atoms with E-state index in [9.17, 15) is 4.79 Å². The Morgan fingerprint density at radius 1 is 1.31 bits per heavy atom. The zero-order valence-corrected chi connectivity index (χ0v) is 18.2. The van der Waals surface area contributed by atoms with Crippen LogP contribution in [0.3, 0.4) is 0 Å². The molecular formula is C25H26N4O3. The third-order valence-electron chi connectivity index (χ3n) is 6.50. The van der Waals surface area contributed by atoms with Crippen LogP contribution in [0.4, 0.5) is 16.2 Å². The molecule has 5 rings (SSSR count). The molecule has 1 aromatic heterocycles. The van der Waals surface area contributed by atoms with Gasteiger partial charge in [-0.1, -0.05) is 12.1 Å². The Kier molecular flexibility index (Phi) is 5.22. The summed E-state index contributed by atoms with van der Waals surface area (Å²) in [5.41, 5.74) is 2.85. The van der Waals surface area contributed by atoms with E-state index in [1.807, 2.05) is 49.6 Å². The summed E-state index contributed by atoms with van der Waals surface area (Å²) in [6, 6.07) is 13.2. The van der Waals surface area contributed by atoms with Gasteiger partial charge in [0, 0.05) is 12.6 Å². The van der Waals surface area contributed by atoms with Crippen molar-refractivity contribution in [1.82, 2.24) is 9.55 Å². The number of aromatic nitrogens is 2. The number of imidazole rings is 1. The molecule has 1 saturated carbocycles. The van der Waals surface area contributed by atoms with Crippen LogP contribution in [0.1, 0.15) is 32.6 Å². The van der Waals surface area contributed by atoms with Gasteiger partial charge in [0.05, 0.1) is 42.8 Å². The average molecular weight is 431 g/mol. The number of ether oxygens (including phenoxy) is 2. The second kappa shape index (κ2) is 8.19. The maximum Gasteiger partial charge on any atom is 0.415 e. The Labute approximate surface area is 187 Å². The van der Waals surface area contributed by atoms with Gasteiger partial charge in [0.2, 0.25) is 0 Å². The van der Waals surface area contributed by atoms with Crippen LogP contribution in [0.15, 0.2) is 48.8 Å². The fourth-order valence-corrected chi connectivity index (χ4v) is 5.10. The van der Waals surface area contributed by atoms with E-state index in [0.29, 0.717) is 24.8 Å². The molecule has 3 aromatic rings. The minimum Gasteiger partial charge on any atom is -0.494 e. The molecule has 1 amide bonds. The van der Waals surface area contributed by atoms with Gasteiger partial charge in [0.15, 0.2) is 5.69 Å². The molecule has 2 fully saturated rings. The monoisotopic (exact) mass is 430 g/mol. The fraction of sp³-hybridized carbons (Fsp3) is 0.400. The van der Waals surface area contributed by atoms with Crippen LogP contribution < -0.4 is 9.64 Å². The number of rotatable bonds is 5. The van der Waals surface area contributed by atoms with Crippen molar-refractivity contribution in [3.05, 3.63) is 60.2 Å². The SMILES string of the molecule is [C-]#[N+]c1ccc2ncn(C[C@H]3CCC[C@]4(C3)CN(c3cccc(OCC)c3)C(=O)O4)c2c1. The van der Waals surface area contributed by atoms with Crippen molar-refractivity contribution in [2.45, 2.75) is 44.8 Å². The van der Waals surface area contributed by atoms with Crippen LogP contribution in [0, 0.1) is 12.5 Å². The quantitative estimate of drug-likeness (QED) is 0.497. The normalized spacial score (nSPS) is 22.8. The van der Waals surface area contributed by atoms with Gasteiger partial charge in [0.25, 0.3) is 0 Å². The number of fused-ring (bicyclic) bond motifs is 1. The lowest BCUT2D eigenvalue weighted by molar-refractivity contribution is 0.00439. The Morgan fingerprint density at radius 3 is 3.06 bits per heavy atom. The van der Waals surface area contributed by atoms with Gasteiger partial charge in [-0.05, 0) is 62.8 Å². The van der Waals surface area contributed by atoms with E-state index in [4.69, 9.17) is 16.0 Å². The Hall–Kier alpha value is -3.53. The van der Waals surface area contributed by atoms with Crippen molar-refractivity contribution in [3.63, 3.8) is 0 Å². The summed E-state index contributed by atoms with van der Waals surface area (Å²) in [5.74, 6) is 1.13. The molecule has 0 radical (unpaired) electrons. The van der Waals surface area contributed by atoms with Gasteiger partial charge in [-0.15, -0.1) is 0 Å². The highest BCUT2D eigenvalue weighted by atomic mass is 16.6. The molecule has 7 heteroatoms. The van der Waals surface area contributed by atoms with Crippen LogP contribution in [0.25, 0.3) is 15.9 Å². The summed E-state index contributed by atoms with van der Waals surface area (Å²) in [5, 5.41) is 0. The third kappa shape index (κ3) is 3.77. The number of amides is 1. The van der Waals surface area contributed by atoms with Crippen LogP contribution in [-0.2, 0) is 11.3 Å². The first-order valence-corrected chi connectivity index (χ1v) is 11.1. The van der Waals surface area contributed by atoms with E-state index in [2.05, 4.69) is 14.4 Å². The largest absolute Gasteiger partial charge is 0.494 e. The third-order valence-corrected chi connectivity index (χ3v) is 6.50. The van der Waals surface area contributed by atoms with E-state index in [0.717, 1.165) is 54.7 Å². The molecule has 0 unspecified atom stereocenters. The Bertz CT molecular complexity index is 1200. The maximum atomic E-state index is 12.8. The molecule has 2 heterocycles. The highest BCUT2D eigenvalue weighted by Gasteiger charge is 2.48. The van der Waals surface area contributed by atoms with Crippen LogP contribution in [-0.4, -0.2) is 34.4 Å². The summed E-state index contributed by atoms with van der Waals surface area (Å²) in [6.07, 6.45) is 5.37. The topological polar surface area (TPSA) is 61.0 Å². The Morgan fingerprint density at radius 2 is 2.22 bits per heavy atom. The zero-order valence-electron chi connectivity index (χ0n) is 18.2. The van der Waals surface area contributed by atoms with Crippen molar-refractivity contribution >= 4 is 28.5 Å². The molecule has 1 saturated heterocycles. The van der Waals surface area contributed by atoms with Gasteiger partial charge >= 0.3 is 6.09 Å². The first kappa shape index (κ1) is 20.4. The molecule has 1 aliphatic carbocycles. The molecule has 32 heavy (non-hydrogen) atoms. The van der Waals surface area contributed by atoms with Gasteiger partial charge in [-0.2, -0.15) is 0 Å². The first-order valence-electron chi connectivity index (χ1n) is 11.1. The molecule has 164 valence electrons. The molecule has 2 aromatic carbocycles. The molecule has 0 bridgehead atoms. The van der Waals surface area contributed by atoms with E-state index in [-0.39, 0.29) is 6.09 Å². The van der Waals surface area contributed by atoms with E-state index < -0.39 is 5.60 Å². The summed E-state index contributed by atoms with van der Waals surface area (Å²) >= 11 is 0. The highest BCUT2D eigenvalue weighted by Crippen LogP contribution is 2.42. The summed E-state index contributed by atoms with van der Waals surface area (Å²) in [4.78, 5) is 22.6. The van der Waals surface area contributed by atoms with Gasteiger partial charge < -0.3 is 14.0 Å². The number of nitrogens with zero attached hydrogens (tertiary/aromatic N) is 4. The van der Waals surface area contributed by atoms with Crippen molar-refractivity contribution in [1.29, 1.82) is 0 Å². The fourth-order valence-electron chi connectivity index (χ4n) is 5.10. The molecule has 1 aliphatic heterocycles. The number of benzene rings is 2. The summed E-state index contributed by atoms with van der Waals surface area (Å²) < 4.78 is 13.7. The van der Waals surface area contributed by atoms with Crippen molar-refractivity contribution in [2.75, 3.05) is 18.1 Å². The lowest BCUT2D eigenvalue weighted by Crippen LogP contribution is -2.40. The number of anilines is 1. The molecule has 0 N–H and O–H groups in total. The second-order valence-electron chi connectivity index (χ2n) is 8.71. The van der Waals surface area contributed by atoms with Crippen LogP contribution in [0.2, 0.25) is 0 Å². The van der Waals surface area contributed by atoms with E-state index in [1.54, 1.807) is 11.0 Å². The lowest BCUT2D eigenvalue weighted by Gasteiger charge is -2.36. The van der Waals surface area contributed by atoms with E-state index >= 15 is 0 Å². The van der Waals surface area contributed by atoms with E-state index in [1.165, 1.54) is 0 Å². The average Bonchev–Trinajstić information content (AvgIpc) is 3.34. The second-order valence-corrected chi connectivity index (χ2v) is 8.71. The molecular weight excluding hydrogens is 404 g/mol. The number of hydrogen-bond acceptors (Lipinski definition) is 4. The lowest BCUT2D eigenvalue weighted by atomic mass is 9.78. The van der Waals surface area contributed by atoms with Gasteiger partial charge in [0.1, 0.15) is 11.4 Å². The molecule has 2 aliphatic rings. The summed E-state index contributed by atoms with van der Waals surface area (Å²) in [6.45, 7) is 11.2. The van der Waals surface area contributed by atoms with Gasteiger partial charge in [-0.25, -0.2) is 14.6 Å². The maximum absolute atomic E-state index is 12.8. The zero-order chi connectivity index (χ0) is 22.1. The minimum absolute atomic E-state index is 0.283. The highest BCUT2D eigenvalue weighted by molar-refractivity contribution is 5.90. The number of carbonyl (C=O) groups excluding carboxylic acids is 1. The molecule has 2 atom stereocenters. The summed E-state index contributed by atoms with van der Waals surface area (Å²) in [7, 11) is 0. The van der Waals surface area contributed by atoms with Gasteiger partial charge in [-0.3, -0.25) is 4.90 Å². The predicted molar refractivity (Wildman–Crippen MR) is 122 cm³/mol. The molecule has 7 nitrogen and oxygen atoms in total. The van der Waals surface area contributed by atoms with Crippen LogP contribution >= 0.6 is 0 Å².